The van der Waals surface area contributed by atoms with Gasteiger partial charge in [-0.05, 0) is 83.6 Å². The fourth-order valence-corrected chi connectivity index (χ4v) is 4.38. The molecule has 0 heterocycles. The quantitative estimate of drug-likeness (QED) is 0.367. The lowest BCUT2D eigenvalue weighted by molar-refractivity contribution is -0.144. The average molecular weight is 538 g/mol. The van der Waals surface area contributed by atoms with Crippen molar-refractivity contribution in [2.24, 2.45) is 0 Å². The molecule has 0 saturated heterocycles. The van der Waals surface area contributed by atoms with E-state index < -0.39 is 35.7 Å². The van der Waals surface area contributed by atoms with E-state index >= 15 is 0 Å². The maximum atomic E-state index is 13.9. The first kappa shape index (κ1) is 32.3. The SMILES string of the molecule is CCOC(=O)CCNC(=O)C(c1c(C)cccc1C)N(CC)C(=O)C(CCSC)NC(=O)OC(C)(C)C. The van der Waals surface area contributed by atoms with Gasteiger partial charge in [-0.2, -0.15) is 11.8 Å². The van der Waals surface area contributed by atoms with Gasteiger partial charge in [0.05, 0.1) is 13.0 Å². The molecule has 2 unspecified atom stereocenters. The third-order valence-electron chi connectivity index (χ3n) is 5.53. The zero-order chi connectivity index (χ0) is 28.2. The van der Waals surface area contributed by atoms with Crippen LogP contribution in [0.3, 0.4) is 0 Å². The second kappa shape index (κ2) is 15.5. The van der Waals surface area contributed by atoms with Crippen LogP contribution in [0.25, 0.3) is 0 Å². The second-order valence-corrected chi connectivity index (χ2v) is 10.6. The number of ether oxygens (including phenoxy) is 2. The topological polar surface area (TPSA) is 114 Å². The number of likely N-dealkylation sites (N-methyl/N-ethyl adjacent to an activating group) is 1. The van der Waals surface area contributed by atoms with Crippen LogP contribution >= 0.6 is 11.8 Å². The van der Waals surface area contributed by atoms with Gasteiger partial charge in [-0.15, -0.1) is 0 Å². The highest BCUT2D eigenvalue weighted by molar-refractivity contribution is 7.98. The van der Waals surface area contributed by atoms with Gasteiger partial charge in [0.15, 0.2) is 0 Å². The van der Waals surface area contributed by atoms with E-state index in [1.807, 2.05) is 38.3 Å². The molecular formula is C27H43N3O6S. The third-order valence-corrected chi connectivity index (χ3v) is 6.18. The fraction of sp³-hybridized carbons (Fsp3) is 0.630. The first-order chi connectivity index (χ1) is 17.4. The molecule has 0 aliphatic carbocycles. The van der Waals surface area contributed by atoms with E-state index in [4.69, 9.17) is 9.47 Å². The van der Waals surface area contributed by atoms with Crippen LogP contribution in [0.5, 0.6) is 0 Å². The van der Waals surface area contributed by atoms with E-state index in [-0.39, 0.29) is 32.0 Å². The smallest absolute Gasteiger partial charge is 0.408 e. The predicted molar refractivity (Wildman–Crippen MR) is 146 cm³/mol. The molecule has 0 fully saturated rings. The Bertz CT molecular complexity index is 911. The van der Waals surface area contributed by atoms with Crippen LogP contribution in [0.2, 0.25) is 0 Å². The van der Waals surface area contributed by atoms with Crippen molar-refractivity contribution in [3.05, 3.63) is 34.9 Å². The van der Waals surface area contributed by atoms with E-state index in [0.717, 1.165) is 11.1 Å². The van der Waals surface area contributed by atoms with Gasteiger partial charge in [-0.25, -0.2) is 4.79 Å². The minimum Gasteiger partial charge on any atom is -0.466 e. The number of hydrogen-bond acceptors (Lipinski definition) is 7. The minimum absolute atomic E-state index is 0.0235. The van der Waals surface area contributed by atoms with Gasteiger partial charge < -0.3 is 25.0 Å². The summed E-state index contributed by atoms with van der Waals surface area (Å²) in [5.41, 5.74) is 1.71. The third kappa shape index (κ3) is 10.6. The highest BCUT2D eigenvalue weighted by Gasteiger charge is 2.36. The zero-order valence-corrected chi connectivity index (χ0v) is 24.3. The average Bonchev–Trinajstić information content (AvgIpc) is 2.79. The Balaban J connectivity index is 3.35. The Morgan fingerprint density at radius 1 is 1.08 bits per heavy atom. The monoisotopic (exact) mass is 537 g/mol. The molecule has 0 saturated carbocycles. The molecule has 1 aromatic carbocycles. The van der Waals surface area contributed by atoms with E-state index in [0.29, 0.717) is 17.7 Å². The molecule has 0 radical (unpaired) electrons. The van der Waals surface area contributed by atoms with Crippen molar-refractivity contribution in [3.8, 4) is 0 Å². The molecule has 9 nitrogen and oxygen atoms in total. The van der Waals surface area contributed by atoms with Gasteiger partial charge >= 0.3 is 12.1 Å². The minimum atomic E-state index is -0.946. The Morgan fingerprint density at radius 3 is 2.22 bits per heavy atom. The summed E-state index contributed by atoms with van der Waals surface area (Å²) in [6.45, 7) is 13.1. The lowest BCUT2D eigenvalue weighted by Gasteiger charge is -2.35. The van der Waals surface area contributed by atoms with Gasteiger partial charge in [0.25, 0.3) is 0 Å². The number of aryl methyl sites for hydroxylation is 2. The number of carbonyl (C=O) groups excluding carboxylic acids is 4. The van der Waals surface area contributed by atoms with Crippen molar-refractivity contribution in [2.45, 2.75) is 79.0 Å². The van der Waals surface area contributed by atoms with Gasteiger partial charge in [-0.1, -0.05) is 18.2 Å². The fourth-order valence-electron chi connectivity index (χ4n) is 3.91. The van der Waals surface area contributed by atoms with Gasteiger partial charge in [0.1, 0.15) is 17.7 Å². The molecular weight excluding hydrogens is 494 g/mol. The molecule has 208 valence electrons. The van der Waals surface area contributed by atoms with Gasteiger partial charge in [0.2, 0.25) is 11.8 Å². The Morgan fingerprint density at radius 2 is 1.70 bits per heavy atom. The number of alkyl carbamates (subject to hydrolysis) is 1. The molecule has 1 rings (SSSR count). The lowest BCUT2D eigenvalue weighted by Crippen LogP contribution is -2.53. The van der Waals surface area contributed by atoms with Gasteiger partial charge in [-0.3, -0.25) is 14.4 Å². The number of rotatable bonds is 13. The Labute approximate surface area is 225 Å². The van der Waals surface area contributed by atoms with E-state index in [9.17, 15) is 19.2 Å². The summed E-state index contributed by atoms with van der Waals surface area (Å²) in [6.07, 6.45) is 1.63. The molecule has 0 aliphatic heterocycles. The Kier molecular flexibility index (Phi) is 13.5. The largest absolute Gasteiger partial charge is 0.466 e. The van der Waals surface area contributed by atoms with Crippen molar-refractivity contribution < 1.29 is 28.7 Å². The summed E-state index contributed by atoms with van der Waals surface area (Å²) < 4.78 is 10.3. The highest BCUT2D eigenvalue weighted by Crippen LogP contribution is 2.29. The second-order valence-electron chi connectivity index (χ2n) is 9.66. The van der Waals surface area contributed by atoms with E-state index in [1.165, 1.54) is 4.90 Å². The van der Waals surface area contributed by atoms with E-state index in [2.05, 4.69) is 10.6 Å². The van der Waals surface area contributed by atoms with Crippen LogP contribution in [-0.4, -0.2) is 72.1 Å². The normalized spacial score (nSPS) is 12.8. The van der Waals surface area contributed by atoms with Crippen LogP contribution in [-0.2, 0) is 23.9 Å². The standard InChI is InChI=1S/C27H43N3O6S/c1-9-30(25(33)20(15-17-37-8)29-26(34)36-27(5,6)7)23(22-18(3)12-11-13-19(22)4)24(32)28-16-14-21(31)35-10-2/h11-13,20,23H,9-10,14-17H2,1-8H3,(H,28,32)(H,29,34). The number of amides is 3. The van der Waals surface area contributed by atoms with Crippen LogP contribution in [0.15, 0.2) is 18.2 Å². The molecule has 37 heavy (non-hydrogen) atoms. The van der Waals surface area contributed by atoms with Crippen LogP contribution < -0.4 is 10.6 Å². The zero-order valence-electron chi connectivity index (χ0n) is 23.4. The van der Waals surface area contributed by atoms with Crippen molar-refractivity contribution >= 4 is 35.6 Å². The first-order valence-electron chi connectivity index (χ1n) is 12.6. The van der Waals surface area contributed by atoms with E-state index in [1.54, 1.807) is 46.4 Å². The van der Waals surface area contributed by atoms with Crippen molar-refractivity contribution in [1.82, 2.24) is 15.5 Å². The maximum absolute atomic E-state index is 13.9. The summed E-state index contributed by atoms with van der Waals surface area (Å²) in [5.74, 6) is -0.564. The molecule has 2 N–H and O–H groups in total. The summed E-state index contributed by atoms with van der Waals surface area (Å²) in [7, 11) is 0. The lowest BCUT2D eigenvalue weighted by atomic mass is 9.93. The summed E-state index contributed by atoms with van der Waals surface area (Å²) >= 11 is 1.55. The van der Waals surface area contributed by atoms with Crippen molar-refractivity contribution in [3.63, 3.8) is 0 Å². The first-order valence-corrected chi connectivity index (χ1v) is 14.0. The number of carbonyl (C=O) groups is 4. The predicted octanol–water partition coefficient (Wildman–Crippen LogP) is 3.91. The van der Waals surface area contributed by atoms with Crippen LogP contribution in [0.1, 0.15) is 70.2 Å². The number of nitrogens with one attached hydrogen (secondary N) is 2. The van der Waals surface area contributed by atoms with Crippen LogP contribution in [0, 0.1) is 13.8 Å². The number of hydrogen-bond donors (Lipinski definition) is 2. The van der Waals surface area contributed by atoms with Crippen LogP contribution in [0.4, 0.5) is 4.79 Å². The molecule has 2 atom stereocenters. The van der Waals surface area contributed by atoms with Crippen molar-refractivity contribution in [2.75, 3.05) is 31.7 Å². The highest BCUT2D eigenvalue weighted by atomic mass is 32.2. The molecule has 0 bridgehead atoms. The van der Waals surface area contributed by atoms with Crippen molar-refractivity contribution in [1.29, 1.82) is 0 Å². The molecule has 3 amide bonds. The molecule has 0 aliphatic rings. The summed E-state index contributed by atoms with van der Waals surface area (Å²) in [6, 6.07) is 3.86. The summed E-state index contributed by atoms with van der Waals surface area (Å²) in [4.78, 5) is 53.3. The number of esters is 1. The maximum Gasteiger partial charge on any atom is 0.408 e. The summed E-state index contributed by atoms with van der Waals surface area (Å²) in [5, 5.41) is 5.51. The molecule has 0 spiro atoms. The number of nitrogens with zero attached hydrogens (tertiary/aromatic N) is 1. The number of benzene rings is 1. The molecule has 1 aromatic rings. The number of thioether (sulfide) groups is 1. The Hall–Kier alpha value is -2.75. The van der Waals surface area contributed by atoms with Gasteiger partial charge in [0, 0.05) is 13.1 Å². The molecule has 0 aromatic heterocycles. The molecule has 10 heteroatoms.